The van der Waals surface area contributed by atoms with Crippen molar-refractivity contribution in [3.8, 4) is 0 Å². The van der Waals surface area contributed by atoms with Crippen molar-refractivity contribution in [2.75, 3.05) is 5.32 Å². The normalized spacial score (nSPS) is 10.4. The maximum absolute atomic E-state index is 11.9. The van der Waals surface area contributed by atoms with Crippen LogP contribution >= 0.6 is 11.3 Å². The van der Waals surface area contributed by atoms with Gasteiger partial charge >= 0.3 is 5.97 Å². The summed E-state index contributed by atoms with van der Waals surface area (Å²) in [4.78, 5) is 27.2. The summed E-state index contributed by atoms with van der Waals surface area (Å²) in [5.41, 5.74) is 4.90. The lowest BCUT2D eigenvalue weighted by molar-refractivity contribution is -0.116. The largest absolute Gasteiger partial charge is 0.478 e. The number of carboxylic acids is 1. The topological polar surface area (TPSA) is 79.3 Å². The number of carbonyl (C=O) groups excluding carboxylic acids is 1. The predicted molar refractivity (Wildman–Crippen MR) is 81.9 cm³/mol. The van der Waals surface area contributed by atoms with Crippen molar-refractivity contribution >= 4 is 28.9 Å². The zero-order valence-corrected chi connectivity index (χ0v) is 12.7. The fourth-order valence-corrected chi connectivity index (χ4v) is 2.63. The molecule has 1 amide bonds. The van der Waals surface area contributed by atoms with Gasteiger partial charge in [0.25, 0.3) is 0 Å². The number of carbonyl (C=O) groups is 2. The average molecular weight is 304 g/mol. The third kappa shape index (κ3) is 3.88. The molecule has 1 aromatic carbocycles. The summed E-state index contributed by atoms with van der Waals surface area (Å²) < 4.78 is 0. The van der Waals surface area contributed by atoms with Gasteiger partial charge in [-0.05, 0) is 37.5 Å². The van der Waals surface area contributed by atoms with Gasteiger partial charge in [0.2, 0.25) is 5.91 Å². The highest BCUT2D eigenvalue weighted by molar-refractivity contribution is 7.07. The molecule has 0 saturated carbocycles. The van der Waals surface area contributed by atoms with Crippen molar-refractivity contribution in [2.24, 2.45) is 0 Å². The molecule has 6 heteroatoms. The van der Waals surface area contributed by atoms with Crippen LogP contribution in [0.4, 0.5) is 5.69 Å². The Hall–Kier alpha value is -2.21. The first-order valence-corrected chi connectivity index (χ1v) is 7.43. The summed E-state index contributed by atoms with van der Waals surface area (Å²) in [5, 5.41) is 13.8. The molecule has 21 heavy (non-hydrogen) atoms. The number of aromatic carboxylic acids is 1. The lowest BCUT2D eigenvalue weighted by Crippen LogP contribution is -2.14. The molecule has 2 aromatic rings. The molecular formula is C15H16N2O3S. The number of hydrogen-bond donors (Lipinski definition) is 2. The van der Waals surface area contributed by atoms with Gasteiger partial charge in [-0.15, -0.1) is 11.3 Å². The van der Waals surface area contributed by atoms with E-state index in [1.165, 1.54) is 17.4 Å². The fourth-order valence-electron chi connectivity index (χ4n) is 2.03. The summed E-state index contributed by atoms with van der Waals surface area (Å²) >= 11 is 1.50. The minimum Gasteiger partial charge on any atom is -0.478 e. The van der Waals surface area contributed by atoms with E-state index in [2.05, 4.69) is 10.3 Å². The van der Waals surface area contributed by atoms with Gasteiger partial charge in [-0.2, -0.15) is 0 Å². The van der Waals surface area contributed by atoms with Gasteiger partial charge in [0.15, 0.2) is 0 Å². The van der Waals surface area contributed by atoms with Gasteiger partial charge in [0, 0.05) is 17.5 Å². The number of anilines is 1. The predicted octanol–water partition coefficient (Wildman–Crippen LogP) is 3.03. The van der Waals surface area contributed by atoms with Gasteiger partial charge in [-0.3, -0.25) is 4.79 Å². The SMILES string of the molecule is Cc1cc(C)c(C(=O)O)cc1NC(=O)CCc1cscn1. The van der Waals surface area contributed by atoms with E-state index in [9.17, 15) is 9.59 Å². The molecule has 1 heterocycles. The lowest BCUT2D eigenvalue weighted by Gasteiger charge is -2.11. The molecule has 0 aliphatic rings. The maximum Gasteiger partial charge on any atom is 0.336 e. The molecule has 0 radical (unpaired) electrons. The van der Waals surface area contributed by atoms with E-state index in [-0.39, 0.29) is 11.5 Å². The Kier molecular flexibility index (Phi) is 4.70. The average Bonchev–Trinajstić information content (AvgIpc) is 2.92. The number of nitrogens with zero attached hydrogens (tertiary/aromatic N) is 1. The minimum atomic E-state index is -0.995. The van der Waals surface area contributed by atoms with Gasteiger partial charge in [-0.1, -0.05) is 6.07 Å². The lowest BCUT2D eigenvalue weighted by atomic mass is 10.0. The van der Waals surface area contributed by atoms with Crippen LogP contribution in [-0.4, -0.2) is 22.0 Å². The Morgan fingerprint density at radius 1 is 1.29 bits per heavy atom. The summed E-state index contributed by atoms with van der Waals surface area (Å²) in [6.07, 6.45) is 0.894. The zero-order chi connectivity index (χ0) is 15.4. The Balaban J connectivity index is 2.06. The minimum absolute atomic E-state index is 0.147. The standard InChI is InChI=1S/C15H16N2O3S/c1-9-5-10(2)13(6-12(9)15(19)20)17-14(18)4-3-11-7-21-8-16-11/h5-8H,3-4H2,1-2H3,(H,17,18)(H,19,20). The molecule has 110 valence electrons. The smallest absolute Gasteiger partial charge is 0.336 e. The third-order valence-corrected chi connectivity index (χ3v) is 3.80. The van der Waals surface area contributed by atoms with Crippen LogP contribution < -0.4 is 5.32 Å². The molecule has 0 aliphatic carbocycles. The number of nitrogens with one attached hydrogen (secondary N) is 1. The Morgan fingerprint density at radius 3 is 2.67 bits per heavy atom. The van der Waals surface area contributed by atoms with Crippen LogP contribution in [0, 0.1) is 13.8 Å². The first-order chi connectivity index (χ1) is 9.97. The Morgan fingerprint density at radius 2 is 2.05 bits per heavy atom. The summed E-state index contributed by atoms with van der Waals surface area (Å²) in [5.74, 6) is -1.14. The molecule has 1 aromatic heterocycles. The second-order valence-corrected chi connectivity index (χ2v) is 5.53. The number of benzene rings is 1. The molecule has 2 rings (SSSR count). The maximum atomic E-state index is 11.9. The number of hydrogen-bond acceptors (Lipinski definition) is 4. The second kappa shape index (κ2) is 6.49. The molecule has 0 spiro atoms. The fraction of sp³-hybridized carbons (Fsp3) is 0.267. The van der Waals surface area contributed by atoms with Crippen molar-refractivity contribution in [3.05, 3.63) is 45.4 Å². The van der Waals surface area contributed by atoms with Crippen LogP contribution in [0.5, 0.6) is 0 Å². The summed E-state index contributed by atoms with van der Waals surface area (Å²) in [7, 11) is 0. The van der Waals surface area contributed by atoms with E-state index in [4.69, 9.17) is 5.11 Å². The quantitative estimate of drug-likeness (QED) is 0.890. The number of thiazole rings is 1. The van der Waals surface area contributed by atoms with Crippen molar-refractivity contribution in [3.63, 3.8) is 0 Å². The third-order valence-electron chi connectivity index (χ3n) is 3.17. The van der Waals surface area contributed by atoms with Crippen LogP contribution in [0.25, 0.3) is 0 Å². The van der Waals surface area contributed by atoms with Crippen molar-refractivity contribution in [1.29, 1.82) is 0 Å². The van der Waals surface area contributed by atoms with E-state index in [0.29, 0.717) is 24.1 Å². The molecule has 0 atom stereocenters. The molecule has 2 N–H and O–H groups in total. The zero-order valence-electron chi connectivity index (χ0n) is 11.8. The number of aryl methyl sites for hydroxylation is 3. The number of rotatable bonds is 5. The number of aromatic nitrogens is 1. The molecule has 0 unspecified atom stereocenters. The number of amides is 1. The van der Waals surface area contributed by atoms with Gasteiger partial charge < -0.3 is 10.4 Å². The highest BCUT2D eigenvalue weighted by Crippen LogP contribution is 2.21. The first-order valence-electron chi connectivity index (χ1n) is 6.49. The molecule has 0 aliphatic heterocycles. The van der Waals surface area contributed by atoms with Crippen LogP contribution in [0.3, 0.4) is 0 Å². The van der Waals surface area contributed by atoms with Gasteiger partial charge in [-0.25, -0.2) is 9.78 Å². The van der Waals surface area contributed by atoms with Crippen LogP contribution in [0.2, 0.25) is 0 Å². The molecule has 0 saturated heterocycles. The summed E-state index contributed by atoms with van der Waals surface area (Å²) in [6.45, 7) is 3.58. The first kappa shape index (κ1) is 15.2. The molecule has 5 nitrogen and oxygen atoms in total. The second-order valence-electron chi connectivity index (χ2n) is 4.82. The van der Waals surface area contributed by atoms with Crippen molar-refractivity contribution in [1.82, 2.24) is 4.98 Å². The molecule has 0 fully saturated rings. The summed E-state index contributed by atoms with van der Waals surface area (Å²) in [6, 6.07) is 3.27. The van der Waals surface area contributed by atoms with Crippen molar-refractivity contribution < 1.29 is 14.7 Å². The highest BCUT2D eigenvalue weighted by atomic mass is 32.1. The highest BCUT2D eigenvalue weighted by Gasteiger charge is 2.12. The van der Waals surface area contributed by atoms with E-state index >= 15 is 0 Å². The van der Waals surface area contributed by atoms with Crippen molar-refractivity contribution in [2.45, 2.75) is 26.7 Å². The Labute approximate surface area is 126 Å². The molecular weight excluding hydrogens is 288 g/mol. The van der Waals surface area contributed by atoms with E-state index < -0.39 is 5.97 Å². The van der Waals surface area contributed by atoms with Crippen LogP contribution in [0.1, 0.15) is 33.6 Å². The van der Waals surface area contributed by atoms with Crippen LogP contribution in [-0.2, 0) is 11.2 Å². The number of carboxylic acid groups (broad SMARTS) is 1. The van der Waals surface area contributed by atoms with Gasteiger partial charge in [0.05, 0.1) is 16.8 Å². The Bertz CT molecular complexity index is 666. The van der Waals surface area contributed by atoms with Crippen LogP contribution in [0.15, 0.2) is 23.0 Å². The van der Waals surface area contributed by atoms with E-state index in [0.717, 1.165) is 11.3 Å². The molecule has 0 bridgehead atoms. The monoisotopic (exact) mass is 304 g/mol. The van der Waals surface area contributed by atoms with E-state index in [1.807, 2.05) is 12.3 Å². The van der Waals surface area contributed by atoms with Gasteiger partial charge in [0.1, 0.15) is 0 Å². The van der Waals surface area contributed by atoms with E-state index in [1.54, 1.807) is 18.5 Å².